The summed E-state index contributed by atoms with van der Waals surface area (Å²) in [4.78, 5) is 25.4. The van der Waals surface area contributed by atoms with E-state index in [1.54, 1.807) is 21.5 Å². The van der Waals surface area contributed by atoms with Gasteiger partial charge in [0.25, 0.3) is 0 Å². The molecule has 1 saturated carbocycles. The molecule has 4 aromatic rings. The first-order valence-electron chi connectivity index (χ1n) is 14.8. The van der Waals surface area contributed by atoms with Crippen molar-refractivity contribution < 1.29 is 18.7 Å². The minimum Gasteiger partial charge on any atom is -0.389 e. The van der Waals surface area contributed by atoms with E-state index >= 15 is 4.39 Å². The second-order valence-electron chi connectivity index (χ2n) is 12.6. The van der Waals surface area contributed by atoms with Gasteiger partial charge in [0, 0.05) is 50.1 Å². The monoisotopic (exact) mass is 616 g/mol. The van der Waals surface area contributed by atoms with Crippen LogP contribution >= 0.6 is 11.3 Å². The molecule has 3 aromatic heterocycles. The number of aliphatic hydroxyl groups is 1. The predicted octanol–water partition coefficient (Wildman–Crippen LogP) is 4.56. The molecule has 0 bridgehead atoms. The average molecular weight is 617 g/mol. The van der Waals surface area contributed by atoms with E-state index in [-0.39, 0.29) is 29.0 Å². The maximum atomic E-state index is 15.7. The molecule has 2 amide bonds. The van der Waals surface area contributed by atoms with E-state index < -0.39 is 6.10 Å². The number of amides is 2. The number of benzene rings is 1. The Morgan fingerprint density at radius 2 is 1.91 bits per heavy atom. The molecule has 13 heteroatoms. The van der Waals surface area contributed by atoms with Gasteiger partial charge in [0.05, 0.1) is 48.0 Å². The van der Waals surface area contributed by atoms with Gasteiger partial charge in [0.2, 0.25) is 0 Å². The lowest BCUT2D eigenvalue weighted by molar-refractivity contribution is -0.0161. The van der Waals surface area contributed by atoms with Gasteiger partial charge >= 0.3 is 6.03 Å². The quantitative estimate of drug-likeness (QED) is 0.351. The average Bonchev–Trinajstić information content (AvgIpc) is 3.41. The Morgan fingerprint density at radius 3 is 2.59 bits per heavy atom. The molecule has 1 spiro atoms. The number of aromatic nitrogens is 3. The summed E-state index contributed by atoms with van der Waals surface area (Å²) in [6.07, 6.45) is 3.89. The number of urea groups is 1. The fraction of sp³-hybridized carbons (Fsp3) is 0.419. The number of fused-ring (bicyclic) bond motifs is 1. The highest BCUT2D eigenvalue weighted by Gasteiger charge is 2.51. The summed E-state index contributed by atoms with van der Waals surface area (Å²) in [5.74, 6) is -0.440. The number of likely N-dealkylation sites (tertiary alicyclic amines) is 2. The number of hydrogen-bond donors (Lipinski definition) is 1. The maximum Gasteiger partial charge on any atom is 0.320 e. The molecule has 1 aromatic carbocycles. The number of aliphatic hydroxyl groups excluding tert-OH is 1. The van der Waals surface area contributed by atoms with Gasteiger partial charge in [-0.05, 0) is 49.6 Å². The third kappa shape index (κ3) is 4.38. The summed E-state index contributed by atoms with van der Waals surface area (Å²) in [6, 6.07) is 10.00. The Bertz CT molecular complexity index is 1830. The number of anilines is 3. The van der Waals surface area contributed by atoms with Gasteiger partial charge in [-0.3, -0.25) is 0 Å². The van der Waals surface area contributed by atoms with Crippen molar-refractivity contribution in [3.8, 4) is 17.3 Å². The Labute approximate surface area is 256 Å². The van der Waals surface area contributed by atoms with E-state index in [2.05, 4.69) is 11.0 Å². The molecule has 4 fully saturated rings. The van der Waals surface area contributed by atoms with Crippen LogP contribution in [-0.4, -0.2) is 88.0 Å². The molecule has 0 atom stereocenters. The molecule has 10 nitrogen and oxygen atoms in total. The molecule has 0 unspecified atom stereocenters. The van der Waals surface area contributed by atoms with E-state index in [9.17, 15) is 19.6 Å². The zero-order valence-electron chi connectivity index (χ0n) is 24.1. The van der Waals surface area contributed by atoms with Crippen LogP contribution in [-0.2, 0) is 0 Å². The van der Waals surface area contributed by atoms with E-state index in [4.69, 9.17) is 10.1 Å². The SMILES string of the molecule is CN(c1nc(-c2ccc(F)cc2)c(C#N)s1)c1c(C2CC2)nn2cc(F)c(N3CCC4(CN(C(=O)N5CC(O)C5)C4)C3)cc12. The topological polar surface area (TPSA) is 104 Å². The molecular formula is C31H30F2N8O2S. The summed E-state index contributed by atoms with van der Waals surface area (Å²) in [5.41, 5.74) is 4.06. The zero-order valence-corrected chi connectivity index (χ0v) is 24.9. The van der Waals surface area contributed by atoms with Crippen molar-refractivity contribution in [2.24, 2.45) is 5.41 Å². The van der Waals surface area contributed by atoms with E-state index in [1.807, 2.05) is 22.9 Å². The number of carbonyl (C=O) groups is 1. The minimum absolute atomic E-state index is 0.0316. The highest BCUT2D eigenvalue weighted by molar-refractivity contribution is 7.16. The Morgan fingerprint density at radius 1 is 1.16 bits per heavy atom. The fourth-order valence-electron chi connectivity index (χ4n) is 6.82. The van der Waals surface area contributed by atoms with E-state index in [1.165, 1.54) is 29.7 Å². The summed E-state index contributed by atoms with van der Waals surface area (Å²) >= 11 is 1.26. The molecule has 226 valence electrons. The van der Waals surface area contributed by atoms with Crippen LogP contribution in [0.4, 0.5) is 30.1 Å². The molecule has 3 aliphatic heterocycles. The lowest BCUT2D eigenvalue weighted by atomic mass is 9.79. The number of hydrogen-bond acceptors (Lipinski definition) is 8. The number of rotatable bonds is 5. The number of β-amino-alcohol motifs (C(OH)–C–C–N with tert-alkyl or cyclic N) is 1. The standard InChI is InChI=1S/C31H30F2N8O2S/c1-37(29-35-26(25(11-34)44-29)18-4-6-20(32)7-5-18)28-24-10-23(22(33)14-41(24)36-27(28)19-2-3-19)38-9-8-31(15-38)16-40(17-31)30(43)39-12-21(42)13-39/h4-7,10,14,19,21,42H,2-3,8-9,12-13,15-17H2,1H3. The number of nitriles is 1. The number of carbonyl (C=O) groups excluding carboxylic acids is 1. The molecule has 6 heterocycles. The lowest BCUT2D eigenvalue weighted by Crippen LogP contribution is -2.66. The first-order chi connectivity index (χ1) is 21.2. The number of halogens is 2. The van der Waals surface area contributed by atoms with Crippen molar-refractivity contribution in [1.82, 2.24) is 24.4 Å². The fourth-order valence-corrected chi connectivity index (χ4v) is 7.67. The molecule has 8 rings (SSSR count). The largest absolute Gasteiger partial charge is 0.389 e. The number of nitrogens with zero attached hydrogens (tertiary/aromatic N) is 8. The van der Waals surface area contributed by atoms with E-state index in [0.29, 0.717) is 66.2 Å². The highest BCUT2D eigenvalue weighted by Crippen LogP contribution is 2.48. The van der Waals surface area contributed by atoms with Crippen molar-refractivity contribution in [1.29, 1.82) is 5.26 Å². The summed E-state index contributed by atoms with van der Waals surface area (Å²) < 4.78 is 30.8. The van der Waals surface area contributed by atoms with Gasteiger partial charge in [-0.2, -0.15) is 10.4 Å². The number of pyridine rings is 1. The van der Waals surface area contributed by atoms with Gasteiger partial charge < -0.3 is 24.7 Å². The number of thiazole rings is 1. The van der Waals surface area contributed by atoms with Crippen molar-refractivity contribution in [3.05, 3.63) is 58.7 Å². The molecule has 1 N–H and O–H groups in total. The van der Waals surface area contributed by atoms with Crippen molar-refractivity contribution >= 4 is 39.4 Å². The molecular weight excluding hydrogens is 586 g/mol. The first kappa shape index (κ1) is 27.3. The van der Waals surface area contributed by atoms with Crippen LogP contribution < -0.4 is 9.80 Å². The molecule has 3 saturated heterocycles. The van der Waals surface area contributed by atoms with Gasteiger partial charge in [0.1, 0.15) is 22.5 Å². The van der Waals surface area contributed by atoms with Crippen molar-refractivity contribution in [2.45, 2.75) is 31.3 Å². The van der Waals surface area contributed by atoms with Crippen molar-refractivity contribution in [3.63, 3.8) is 0 Å². The molecule has 0 radical (unpaired) electrons. The van der Waals surface area contributed by atoms with Crippen LogP contribution in [0.3, 0.4) is 0 Å². The van der Waals surface area contributed by atoms with E-state index in [0.717, 1.165) is 36.2 Å². The smallest absolute Gasteiger partial charge is 0.320 e. The molecule has 44 heavy (non-hydrogen) atoms. The second-order valence-corrected chi connectivity index (χ2v) is 13.5. The Hall–Kier alpha value is -4.28. The maximum absolute atomic E-state index is 15.7. The highest BCUT2D eigenvalue weighted by atomic mass is 32.1. The third-order valence-electron chi connectivity index (χ3n) is 9.36. The second kappa shape index (κ2) is 9.87. The Kier molecular flexibility index (Phi) is 6.12. The van der Waals surface area contributed by atoms with Crippen LogP contribution in [0.25, 0.3) is 16.8 Å². The van der Waals surface area contributed by atoms with Crippen LogP contribution in [0, 0.1) is 28.4 Å². The molecule has 1 aliphatic carbocycles. The van der Waals surface area contributed by atoms with Gasteiger partial charge in [0.15, 0.2) is 10.9 Å². The van der Waals surface area contributed by atoms with Crippen LogP contribution in [0.2, 0.25) is 0 Å². The van der Waals surface area contributed by atoms with Crippen LogP contribution in [0.15, 0.2) is 36.5 Å². The zero-order chi connectivity index (χ0) is 30.3. The minimum atomic E-state index is -0.428. The Balaban J connectivity index is 1.10. The van der Waals surface area contributed by atoms with Crippen molar-refractivity contribution in [2.75, 3.05) is 56.1 Å². The summed E-state index contributed by atoms with van der Waals surface area (Å²) in [6.45, 7) is 3.37. The third-order valence-corrected chi connectivity index (χ3v) is 10.4. The first-order valence-corrected chi connectivity index (χ1v) is 15.6. The predicted molar refractivity (Wildman–Crippen MR) is 161 cm³/mol. The normalized spacial score (nSPS) is 19.4. The lowest BCUT2D eigenvalue weighted by Gasteiger charge is -2.51. The van der Waals surface area contributed by atoms with Gasteiger partial charge in [-0.25, -0.2) is 23.1 Å². The molecule has 4 aliphatic rings. The van der Waals surface area contributed by atoms with Gasteiger partial charge in [-0.1, -0.05) is 11.3 Å². The van der Waals surface area contributed by atoms with Crippen LogP contribution in [0.1, 0.15) is 35.8 Å². The summed E-state index contributed by atoms with van der Waals surface area (Å²) in [5, 5.41) is 24.8. The summed E-state index contributed by atoms with van der Waals surface area (Å²) in [7, 11) is 1.89. The van der Waals surface area contributed by atoms with Crippen LogP contribution in [0.5, 0.6) is 0 Å². The van der Waals surface area contributed by atoms with Gasteiger partial charge in [-0.15, -0.1) is 0 Å².